The summed E-state index contributed by atoms with van der Waals surface area (Å²) in [5.41, 5.74) is 8.04. The van der Waals surface area contributed by atoms with Crippen LogP contribution >= 0.6 is 11.6 Å². The fourth-order valence-corrected chi connectivity index (χ4v) is 4.09. The Labute approximate surface area is 189 Å². The highest BCUT2D eigenvalue weighted by Crippen LogP contribution is 2.37. The van der Waals surface area contributed by atoms with Crippen molar-refractivity contribution in [2.24, 2.45) is 0 Å². The summed E-state index contributed by atoms with van der Waals surface area (Å²) in [5, 5.41) is 4.19. The SMILES string of the molecule is CCC(Nc1ncc(-c2ccccn2)c(N)n1)c1nc2cccc(Cl)c2c(=O)n1C1CC1. The molecule has 4 aromatic rings. The Morgan fingerprint density at radius 1 is 1.19 bits per heavy atom. The number of hydrogen-bond donors (Lipinski definition) is 2. The van der Waals surface area contributed by atoms with E-state index >= 15 is 0 Å². The van der Waals surface area contributed by atoms with Crippen molar-refractivity contribution < 1.29 is 0 Å². The third kappa shape index (κ3) is 3.67. The Morgan fingerprint density at radius 2 is 2.03 bits per heavy atom. The number of pyridine rings is 1. The highest BCUT2D eigenvalue weighted by atomic mass is 35.5. The number of nitrogen functional groups attached to an aromatic ring is 1. The van der Waals surface area contributed by atoms with Crippen LogP contribution in [0.4, 0.5) is 11.8 Å². The van der Waals surface area contributed by atoms with Crippen LogP contribution in [-0.4, -0.2) is 24.5 Å². The Kier molecular flexibility index (Phi) is 5.22. The fourth-order valence-electron chi connectivity index (χ4n) is 3.84. The van der Waals surface area contributed by atoms with Crippen LogP contribution in [0.25, 0.3) is 22.2 Å². The van der Waals surface area contributed by atoms with E-state index in [1.807, 2.05) is 31.2 Å². The van der Waals surface area contributed by atoms with Gasteiger partial charge in [-0.25, -0.2) is 9.97 Å². The molecule has 0 saturated heterocycles. The predicted octanol–water partition coefficient (Wildman–Crippen LogP) is 4.38. The van der Waals surface area contributed by atoms with Gasteiger partial charge in [0.15, 0.2) is 0 Å². The molecule has 0 aliphatic heterocycles. The van der Waals surface area contributed by atoms with Gasteiger partial charge in [-0.05, 0) is 43.5 Å². The molecule has 162 valence electrons. The first kappa shape index (κ1) is 20.4. The lowest BCUT2D eigenvalue weighted by Crippen LogP contribution is -2.29. The second-order valence-corrected chi connectivity index (χ2v) is 8.23. The number of rotatable bonds is 6. The van der Waals surface area contributed by atoms with Crippen molar-refractivity contribution in [2.75, 3.05) is 11.1 Å². The van der Waals surface area contributed by atoms with Gasteiger partial charge in [0.1, 0.15) is 11.6 Å². The zero-order valence-electron chi connectivity index (χ0n) is 17.5. The predicted molar refractivity (Wildman–Crippen MR) is 126 cm³/mol. The average molecular weight is 448 g/mol. The van der Waals surface area contributed by atoms with Crippen molar-refractivity contribution in [1.29, 1.82) is 0 Å². The van der Waals surface area contributed by atoms with E-state index in [0.29, 0.717) is 51.2 Å². The van der Waals surface area contributed by atoms with Crippen LogP contribution in [0.15, 0.2) is 53.6 Å². The molecule has 0 bridgehead atoms. The number of aromatic nitrogens is 5. The van der Waals surface area contributed by atoms with E-state index in [9.17, 15) is 4.79 Å². The lowest BCUT2D eigenvalue weighted by Gasteiger charge is -2.22. The molecule has 0 spiro atoms. The minimum Gasteiger partial charge on any atom is -0.383 e. The molecular weight excluding hydrogens is 426 g/mol. The van der Waals surface area contributed by atoms with E-state index in [-0.39, 0.29) is 17.6 Å². The van der Waals surface area contributed by atoms with Crippen molar-refractivity contribution in [2.45, 2.75) is 38.3 Å². The number of anilines is 2. The van der Waals surface area contributed by atoms with Gasteiger partial charge in [-0.1, -0.05) is 30.7 Å². The summed E-state index contributed by atoms with van der Waals surface area (Å²) < 4.78 is 1.78. The van der Waals surface area contributed by atoms with Crippen molar-refractivity contribution in [3.05, 3.63) is 70.0 Å². The minimum absolute atomic E-state index is 0.107. The van der Waals surface area contributed by atoms with Crippen LogP contribution < -0.4 is 16.6 Å². The van der Waals surface area contributed by atoms with E-state index in [2.05, 4.69) is 20.3 Å². The van der Waals surface area contributed by atoms with Crippen LogP contribution in [0.1, 0.15) is 44.1 Å². The number of fused-ring (bicyclic) bond motifs is 1. The number of benzene rings is 1. The Morgan fingerprint density at radius 3 is 2.72 bits per heavy atom. The molecule has 5 rings (SSSR count). The van der Waals surface area contributed by atoms with E-state index < -0.39 is 0 Å². The van der Waals surface area contributed by atoms with E-state index in [0.717, 1.165) is 12.8 Å². The van der Waals surface area contributed by atoms with Gasteiger partial charge < -0.3 is 11.1 Å². The summed E-state index contributed by atoms with van der Waals surface area (Å²) in [4.78, 5) is 31.3. The van der Waals surface area contributed by atoms with Crippen molar-refractivity contribution in [3.8, 4) is 11.3 Å². The summed E-state index contributed by atoms with van der Waals surface area (Å²) in [6, 6.07) is 10.8. The minimum atomic E-state index is -0.271. The number of nitrogens with zero attached hydrogens (tertiary/aromatic N) is 5. The molecule has 3 heterocycles. The van der Waals surface area contributed by atoms with E-state index in [4.69, 9.17) is 22.3 Å². The molecular formula is C23H22ClN7O. The maximum atomic E-state index is 13.3. The molecule has 1 atom stereocenters. The van der Waals surface area contributed by atoms with Crippen molar-refractivity contribution >= 4 is 34.3 Å². The van der Waals surface area contributed by atoms with Gasteiger partial charge >= 0.3 is 0 Å². The second kappa shape index (κ2) is 8.20. The monoisotopic (exact) mass is 447 g/mol. The maximum Gasteiger partial charge on any atom is 0.263 e. The second-order valence-electron chi connectivity index (χ2n) is 7.82. The van der Waals surface area contributed by atoms with Gasteiger partial charge in [0.05, 0.1) is 33.2 Å². The quantitative estimate of drug-likeness (QED) is 0.451. The molecule has 1 aliphatic rings. The summed E-state index contributed by atoms with van der Waals surface area (Å²) in [5.74, 6) is 1.36. The first-order valence-corrected chi connectivity index (χ1v) is 11.0. The van der Waals surface area contributed by atoms with Gasteiger partial charge in [-0.2, -0.15) is 4.98 Å². The highest BCUT2D eigenvalue weighted by Gasteiger charge is 2.31. The number of nitrogens with two attached hydrogens (primary N) is 1. The van der Waals surface area contributed by atoms with Crippen LogP contribution in [0.3, 0.4) is 0 Å². The van der Waals surface area contributed by atoms with Crippen LogP contribution in [0, 0.1) is 0 Å². The number of halogens is 1. The Hall–Kier alpha value is -3.52. The number of hydrogen-bond acceptors (Lipinski definition) is 7. The first-order chi connectivity index (χ1) is 15.6. The van der Waals surface area contributed by atoms with Crippen LogP contribution in [-0.2, 0) is 0 Å². The summed E-state index contributed by atoms with van der Waals surface area (Å²) in [6.45, 7) is 2.02. The molecule has 1 aromatic carbocycles. The molecule has 32 heavy (non-hydrogen) atoms. The molecule has 0 radical (unpaired) electrons. The molecule has 9 heteroatoms. The molecule has 1 fully saturated rings. The lowest BCUT2D eigenvalue weighted by molar-refractivity contribution is 0.577. The third-order valence-corrected chi connectivity index (χ3v) is 5.92. The Balaban J connectivity index is 1.54. The standard InChI is InChI=1S/C23H22ClN7O/c1-2-16(29-23-27-12-14(20(25)30-23)17-7-3-4-11-26-17)21-28-18-8-5-6-15(24)19(18)22(32)31(21)13-9-10-13/h3-8,11-13,16H,2,9-10H2,1H3,(H3,25,27,29,30). The maximum absolute atomic E-state index is 13.3. The molecule has 0 amide bonds. The normalized spacial score (nSPS) is 14.4. The van der Waals surface area contributed by atoms with Crippen LogP contribution in [0.5, 0.6) is 0 Å². The van der Waals surface area contributed by atoms with Gasteiger partial charge in [0, 0.05) is 18.4 Å². The average Bonchev–Trinajstić information content (AvgIpc) is 3.63. The topological polar surface area (TPSA) is 112 Å². The Bertz CT molecular complexity index is 1350. The van der Waals surface area contributed by atoms with E-state index in [1.165, 1.54) is 0 Å². The van der Waals surface area contributed by atoms with Crippen LogP contribution in [0.2, 0.25) is 5.02 Å². The molecule has 1 unspecified atom stereocenters. The molecule has 3 N–H and O–H groups in total. The largest absolute Gasteiger partial charge is 0.383 e. The summed E-state index contributed by atoms with van der Waals surface area (Å²) in [7, 11) is 0. The van der Waals surface area contributed by atoms with Crippen molar-refractivity contribution in [1.82, 2.24) is 24.5 Å². The fraction of sp³-hybridized carbons (Fsp3) is 0.261. The van der Waals surface area contributed by atoms with E-state index in [1.54, 1.807) is 29.1 Å². The number of nitrogens with one attached hydrogen (secondary N) is 1. The first-order valence-electron chi connectivity index (χ1n) is 10.6. The highest BCUT2D eigenvalue weighted by molar-refractivity contribution is 6.35. The van der Waals surface area contributed by atoms with Gasteiger partial charge in [-0.3, -0.25) is 14.3 Å². The molecule has 1 aliphatic carbocycles. The van der Waals surface area contributed by atoms with Gasteiger partial charge in [0.2, 0.25) is 5.95 Å². The molecule has 3 aromatic heterocycles. The summed E-state index contributed by atoms with van der Waals surface area (Å²) in [6.07, 6.45) is 5.92. The van der Waals surface area contributed by atoms with Gasteiger partial charge in [-0.15, -0.1) is 0 Å². The summed E-state index contributed by atoms with van der Waals surface area (Å²) >= 11 is 6.33. The van der Waals surface area contributed by atoms with Gasteiger partial charge in [0.25, 0.3) is 5.56 Å². The zero-order valence-corrected chi connectivity index (χ0v) is 18.3. The lowest BCUT2D eigenvalue weighted by atomic mass is 10.1. The molecule has 8 nitrogen and oxygen atoms in total. The smallest absolute Gasteiger partial charge is 0.263 e. The van der Waals surface area contributed by atoms with Crippen molar-refractivity contribution in [3.63, 3.8) is 0 Å². The molecule has 1 saturated carbocycles. The third-order valence-electron chi connectivity index (χ3n) is 5.60. The zero-order chi connectivity index (χ0) is 22.2.